The summed E-state index contributed by atoms with van der Waals surface area (Å²) in [5.74, 6) is 1.28. The minimum absolute atomic E-state index is 0.0187. The zero-order valence-electron chi connectivity index (χ0n) is 13.3. The first kappa shape index (κ1) is 14.6. The van der Waals surface area contributed by atoms with Gasteiger partial charge in [0.1, 0.15) is 5.75 Å². The third-order valence-electron chi connectivity index (χ3n) is 3.82. The fourth-order valence-electron chi connectivity index (χ4n) is 2.69. The van der Waals surface area contributed by atoms with Gasteiger partial charge in [0, 0.05) is 17.3 Å². The maximum absolute atomic E-state index is 12.1. The molecular formula is C18H19NO3. The molecule has 22 heavy (non-hydrogen) atoms. The highest BCUT2D eigenvalue weighted by Crippen LogP contribution is 2.41. The molecule has 3 rings (SSSR count). The SMILES string of the molecule is COc1ncccc1-c1cc2c(c(C(C)(C)C)c1)OCC2=O. The number of rotatable bonds is 2. The van der Waals surface area contributed by atoms with E-state index in [0.717, 1.165) is 16.7 Å². The third kappa shape index (κ3) is 2.34. The highest BCUT2D eigenvalue weighted by Gasteiger charge is 2.30. The van der Waals surface area contributed by atoms with Crippen molar-refractivity contribution in [1.82, 2.24) is 4.98 Å². The first-order valence-electron chi connectivity index (χ1n) is 7.25. The molecule has 0 aliphatic carbocycles. The van der Waals surface area contributed by atoms with Crippen LogP contribution in [0.5, 0.6) is 11.6 Å². The number of fused-ring (bicyclic) bond motifs is 1. The number of methoxy groups -OCH3 is 1. The first-order chi connectivity index (χ1) is 10.4. The second-order valence-corrected chi connectivity index (χ2v) is 6.42. The van der Waals surface area contributed by atoms with Crippen LogP contribution in [0, 0.1) is 0 Å². The summed E-state index contributed by atoms with van der Waals surface area (Å²) < 4.78 is 11.0. The van der Waals surface area contributed by atoms with Crippen LogP contribution in [0.1, 0.15) is 36.7 Å². The van der Waals surface area contributed by atoms with Gasteiger partial charge in [0.15, 0.2) is 6.61 Å². The molecule has 1 aromatic heterocycles. The van der Waals surface area contributed by atoms with Crippen LogP contribution in [0.15, 0.2) is 30.5 Å². The smallest absolute Gasteiger partial charge is 0.221 e. The predicted molar refractivity (Wildman–Crippen MR) is 84.8 cm³/mol. The largest absolute Gasteiger partial charge is 0.484 e. The number of pyridine rings is 1. The van der Waals surface area contributed by atoms with E-state index >= 15 is 0 Å². The van der Waals surface area contributed by atoms with Crippen molar-refractivity contribution < 1.29 is 14.3 Å². The molecule has 0 saturated heterocycles. The van der Waals surface area contributed by atoms with Crippen molar-refractivity contribution in [2.24, 2.45) is 0 Å². The van der Waals surface area contributed by atoms with E-state index < -0.39 is 0 Å². The standard InChI is InChI=1S/C18H19NO3/c1-18(2,3)14-9-11(8-13-15(20)10-22-16(13)14)12-6-5-7-19-17(12)21-4/h5-9H,10H2,1-4H3. The fourth-order valence-corrected chi connectivity index (χ4v) is 2.69. The Bertz CT molecular complexity index is 744. The Morgan fingerprint density at radius 3 is 2.68 bits per heavy atom. The molecule has 0 N–H and O–H groups in total. The monoisotopic (exact) mass is 297 g/mol. The summed E-state index contributed by atoms with van der Waals surface area (Å²) in [6.45, 7) is 6.45. The van der Waals surface area contributed by atoms with E-state index in [-0.39, 0.29) is 17.8 Å². The second kappa shape index (κ2) is 5.13. The van der Waals surface area contributed by atoms with Crippen LogP contribution in [-0.4, -0.2) is 24.5 Å². The Hall–Kier alpha value is -2.36. The van der Waals surface area contributed by atoms with Crippen molar-refractivity contribution in [3.05, 3.63) is 41.6 Å². The fraction of sp³-hybridized carbons (Fsp3) is 0.333. The molecule has 0 bridgehead atoms. The number of hydrogen-bond acceptors (Lipinski definition) is 4. The number of ether oxygens (including phenoxy) is 2. The molecule has 0 spiro atoms. The zero-order valence-corrected chi connectivity index (χ0v) is 13.3. The number of hydrogen-bond donors (Lipinski definition) is 0. The molecule has 2 heterocycles. The molecule has 1 aliphatic heterocycles. The van der Waals surface area contributed by atoms with Gasteiger partial charge >= 0.3 is 0 Å². The summed E-state index contributed by atoms with van der Waals surface area (Å²) in [6, 6.07) is 7.75. The minimum atomic E-state index is -0.125. The van der Waals surface area contributed by atoms with Crippen molar-refractivity contribution in [2.75, 3.05) is 13.7 Å². The lowest BCUT2D eigenvalue weighted by molar-refractivity contribution is 0.0960. The molecule has 0 radical (unpaired) electrons. The summed E-state index contributed by atoms with van der Waals surface area (Å²) in [6.07, 6.45) is 1.69. The Kier molecular flexibility index (Phi) is 3.39. The van der Waals surface area contributed by atoms with Crippen molar-refractivity contribution in [3.63, 3.8) is 0 Å². The van der Waals surface area contributed by atoms with Gasteiger partial charge in [-0.15, -0.1) is 0 Å². The van der Waals surface area contributed by atoms with E-state index in [1.807, 2.05) is 18.2 Å². The second-order valence-electron chi connectivity index (χ2n) is 6.42. The van der Waals surface area contributed by atoms with E-state index in [1.54, 1.807) is 13.3 Å². The van der Waals surface area contributed by atoms with Crippen LogP contribution in [-0.2, 0) is 5.41 Å². The van der Waals surface area contributed by atoms with Crippen LogP contribution in [0.4, 0.5) is 0 Å². The number of aromatic nitrogens is 1. The number of carbonyl (C=O) groups excluding carboxylic acids is 1. The van der Waals surface area contributed by atoms with Gasteiger partial charge in [-0.25, -0.2) is 4.98 Å². The average Bonchev–Trinajstić information content (AvgIpc) is 2.87. The van der Waals surface area contributed by atoms with Crippen LogP contribution in [0.25, 0.3) is 11.1 Å². The maximum atomic E-state index is 12.1. The van der Waals surface area contributed by atoms with E-state index in [9.17, 15) is 4.79 Å². The van der Waals surface area contributed by atoms with Crippen molar-refractivity contribution >= 4 is 5.78 Å². The molecule has 0 saturated carbocycles. The predicted octanol–water partition coefficient (Wildman–Crippen LogP) is 3.63. The molecule has 0 atom stereocenters. The van der Waals surface area contributed by atoms with Crippen molar-refractivity contribution in [3.8, 4) is 22.8 Å². The van der Waals surface area contributed by atoms with Crippen molar-refractivity contribution in [2.45, 2.75) is 26.2 Å². The lowest BCUT2D eigenvalue weighted by Gasteiger charge is -2.23. The molecule has 114 valence electrons. The molecule has 1 aliphatic rings. The lowest BCUT2D eigenvalue weighted by atomic mass is 9.83. The van der Waals surface area contributed by atoms with E-state index in [4.69, 9.17) is 9.47 Å². The lowest BCUT2D eigenvalue weighted by Crippen LogP contribution is -2.13. The summed E-state index contributed by atoms with van der Waals surface area (Å²) in [7, 11) is 1.60. The van der Waals surface area contributed by atoms with Gasteiger partial charge in [-0.05, 0) is 35.2 Å². The molecule has 1 aromatic carbocycles. The Morgan fingerprint density at radius 1 is 1.23 bits per heavy atom. The molecule has 4 nitrogen and oxygen atoms in total. The molecule has 2 aromatic rings. The van der Waals surface area contributed by atoms with E-state index in [0.29, 0.717) is 17.2 Å². The topological polar surface area (TPSA) is 48.4 Å². The van der Waals surface area contributed by atoms with Crippen LogP contribution >= 0.6 is 0 Å². The summed E-state index contributed by atoms with van der Waals surface area (Å²) in [4.78, 5) is 16.4. The van der Waals surface area contributed by atoms with Crippen molar-refractivity contribution in [1.29, 1.82) is 0 Å². The maximum Gasteiger partial charge on any atom is 0.221 e. The normalized spacial score (nSPS) is 13.7. The van der Waals surface area contributed by atoms with Gasteiger partial charge < -0.3 is 9.47 Å². The van der Waals surface area contributed by atoms with Gasteiger partial charge in [0.2, 0.25) is 11.7 Å². The Balaban J connectivity index is 2.26. The van der Waals surface area contributed by atoms with E-state index in [1.165, 1.54) is 0 Å². The third-order valence-corrected chi connectivity index (χ3v) is 3.82. The highest BCUT2D eigenvalue weighted by molar-refractivity contribution is 6.04. The molecule has 0 fully saturated rings. The molecule has 0 amide bonds. The molecule has 4 heteroatoms. The number of benzene rings is 1. The quantitative estimate of drug-likeness (QED) is 0.849. The number of ketones is 1. The van der Waals surface area contributed by atoms with Gasteiger partial charge in [0.05, 0.1) is 12.7 Å². The highest BCUT2D eigenvalue weighted by atomic mass is 16.5. The van der Waals surface area contributed by atoms with E-state index in [2.05, 4.69) is 31.8 Å². The van der Waals surface area contributed by atoms with Crippen LogP contribution in [0.3, 0.4) is 0 Å². The number of Topliss-reactive ketones (excluding diaryl/α,β-unsaturated/α-hetero) is 1. The summed E-state index contributed by atoms with van der Waals surface area (Å²) >= 11 is 0. The first-order valence-corrected chi connectivity index (χ1v) is 7.25. The van der Waals surface area contributed by atoms with Gasteiger partial charge in [-0.2, -0.15) is 0 Å². The average molecular weight is 297 g/mol. The molecular weight excluding hydrogens is 278 g/mol. The van der Waals surface area contributed by atoms with Gasteiger partial charge in [0.25, 0.3) is 0 Å². The number of carbonyl (C=O) groups is 1. The van der Waals surface area contributed by atoms with Gasteiger partial charge in [-0.3, -0.25) is 4.79 Å². The van der Waals surface area contributed by atoms with Crippen LogP contribution < -0.4 is 9.47 Å². The zero-order chi connectivity index (χ0) is 15.9. The van der Waals surface area contributed by atoms with Crippen LogP contribution in [0.2, 0.25) is 0 Å². The minimum Gasteiger partial charge on any atom is -0.484 e. The summed E-state index contributed by atoms with van der Waals surface area (Å²) in [5, 5.41) is 0. The number of nitrogens with zero attached hydrogens (tertiary/aromatic N) is 1. The Morgan fingerprint density at radius 2 is 2.00 bits per heavy atom. The van der Waals surface area contributed by atoms with Gasteiger partial charge in [-0.1, -0.05) is 20.8 Å². The molecule has 0 unspecified atom stereocenters. The summed E-state index contributed by atoms with van der Waals surface area (Å²) in [5.41, 5.74) is 3.34. The Labute approximate surface area is 130 Å².